The second kappa shape index (κ2) is 8.29. The molecule has 5 N–H and O–H groups in total. The van der Waals surface area contributed by atoms with E-state index in [-0.39, 0.29) is 16.4 Å². The van der Waals surface area contributed by atoms with Crippen molar-refractivity contribution in [3.63, 3.8) is 0 Å². The standard InChI is InChI=1S/C8H10N2O3.C7H8O3S/c1-5(11)13-6-2-3-7(10-9)8(12)4-6;1-6-2-4-7(5-3-6)11(8,9)10/h2-4,10,12H,9H2,1H3;2-5H,1H3,(H,8,9,10). The van der Waals surface area contributed by atoms with Crippen molar-refractivity contribution in [1.29, 1.82) is 0 Å². The van der Waals surface area contributed by atoms with Gasteiger partial charge in [-0.15, -0.1) is 0 Å². The summed E-state index contributed by atoms with van der Waals surface area (Å²) < 4.78 is 34.3. The fourth-order valence-corrected chi connectivity index (χ4v) is 2.05. The second-order valence-electron chi connectivity index (χ2n) is 4.71. The number of carbonyl (C=O) groups excluding carboxylic acids is 1. The predicted octanol–water partition coefficient (Wildman–Crippen LogP) is 1.84. The number of aryl methyl sites for hydroxylation is 1. The number of aromatic hydroxyl groups is 1. The summed E-state index contributed by atoms with van der Waals surface area (Å²) in [5.41, 5.74) is 3.61. The number of phenols is 1. The molecule has 8 nitrogen and oxygen atoms in total. The zero-order valence-corrected chi connectivity index (χ0v) is 13.9. The number of hydrogen-bond acceptors (Lipinski definition) is 7. The molecule has 0 spiro atoms. The molecule has 0 fully saturated rings. The van der Waals surface area contributed by atoms with Crippen molar-refractivity contribution in [2.75, 3.05) is 5.43 Å². The normalized spacial score (nSPS) is 10.3. The quantitative estimate of drug-likeness (QED) is 0.163. The summed E-state index contributed by atoms with van der Waals surface area (Å²) in [6.07, 6.45) is 0. The minimum Gasteiger partial charge on any atom is -0.506 e. The van der Waals surface area contributed by atoms with E-state index in [1.54, 1.807) is 12.1 Å². The Bertz CT molecular complexity index is 803. The van der Waals surface area contributed by atoms with Crippen LogP contribution in [0.3, 0.4) is 0 Å². The number of esters is 1. The van der Waals surface area contributed by atoms with E-state index in [2.05, 4.69) is 5.43 Å². The van der Waals surface area contributed by atoms with Crippen LogP contribution in [0.1, 0.15) is 12.5 Å². The minimum atomic E-state index is -4.02. The zero-order chi connectivity index (χ0) is 18.3. The predicted molar refractivity (Wildman–Crippen MR) is 88.2 cm³/mol. The fourth-order valence-electron chi connectivity index (χ4n) is 1.57. The van der Waals surface area contributed by atoms with Crippen LogP contribution in [0.2, 0.25) is 0 Å². The number of phenolic OH excluding ortho intramolecular Hbond substituents is 1. The molecule has 0 aliphatic rings. The van der Waals surface area contributed by atoms with E-state index in [0.29, 0.717) is 5.69 Å². The highest BCUT2D eigenvalue weighted by Gasteiger charge is 2.06. The lowest BCUT2D eigenvalue weighted by molar-refractivity contribution is -0.131. The highest BCUT2D eigenvalue weighted by molar-refractivity contribution is 7.85. The lowest BCUT2D eigenvalue weighted by atomic mass is 10.2. The summed E-state index contributed by atoms with van der Waals surface area (Å²) in [6, 6.07) is 10.3. The Labute approximate surface area is 139 Å². The van der Waals surface area contributed by atoms with Crippen LogP contribution in [0.4, 0.5) is 5.69 Å². The average Bonchev–Trinajstić information content (AvgIpc) is 2.47. The Morgan fingerprint density at radius 2 is 1.75 bits per heavy atom. The number of hydrogen-bond donors (Lipinski definition) is 4. The van der Waals surface area contributed by atoms with Crippen molar-refractivity contribution >= 4 is 21.8 Å². The van der Waals surface area contributed by atoms with Crippen LogP contribution in [0.25, 0.3) is 0 Å². The molecule has 0 unspecified atom stereocenters. The molecule has 0 bridgehead atoms. The molecule has 0 aromatic heterocycles. The molecule has 0 aliphatic carbocycles. The highest BCUT2D eigenvalue weighted by atomic mass is 32.2. The van der Waals surface area contributed by atoms with E-state index in [1.807, 2.05) is 6.92 Å². The molecular formula is C15H18N2O6S. The molecule has 2 rings (SSSR count). The number of anilines is 1. The molecule has 0 saturated carbocycles. The lowest BCUT2D eigenvalue weighted by Crippen LogP contribution is -2.07. The molecule has 2 aromatic carbocycles. The number of benzene rings is 2. The van der Waals surface area contributed by atoms with Gasteiger partial charge in [0.25, 0.3) is 10.1 Å². The third kappa shape index (κ3) is 6.24. The van der Waals surface area contributed by atoms with E-state index in [0.717, 1.165) is 5.56 Å². The fraction of sp³-hybridized carbons (Fsp3) is 0.133. The third-order valence-corrected chi connectivity index (χ3v) is 3.57. The summed E-state index contributed by atoms with van der Waals surface area (Å²) in [5, 5.41) is 9.27. The van der Waals surface area contributed by atoms with Crippen molar-refractivity contribution in [2.24, 2.45) is 5.84 Å². The first kappa shape index (κ1) is 19.4. The number of nitrogens with two attached hydrogens (primary N) is 1. The molecule has 2 aromatic rings. The monoisotopic (exact) mass is 354 g/mol. The molecule has 0 atom stereocenters. The Kier molecular flexibility index (Phi) is 6.71. The SMILES string of the molecule is CC(=O)Oc1ccc(NN)c(O)c1.Cc1ccc(S(=O)(=O)O)cc1. The zero-order valence-electron chi connectivity index (χ0n) is 13.1. The van der Waals surface area contributed by atoms with Gasteiger partial charge in [0.15, 0.2) is 0 Å². The van der Waals surface area contributed by atoms with E-state index in [1.165, 1.54) is 37.3 Å². The Balaban J connectivity index is 0.000000243. The molecule has 130 valence electrons. The second-order valence-corrected chi connectivity index (χ2v) is 6.13. The smallest absolute Gasteiger partial charge is 0.308 e. The topological polar surface area (TPSA) is 139 Å². The van der Waals surface area contributed by atoms with Gasteiger partial charge in [0, 0.05) is 13.0 Å². The lowest BCUT2D eigenvalue weighted by Gasteiger charge is -2.05. The maximum absolute atomic E-state index is 10.5. The molecule has 24 heavy (non-hydrogen) atoms. The Morgan fingerprint density at radius 3 is 2.17 bits per heavy atom. The average molecular weight is 354 g/mol. The van der Waals surface area contributed by atoms with Crippen molar-refractivity contribution in [2.45, 2.75) is 18.7 Å². The first-order valence-electron chi connectivity index (χ1n) is 6.65. The van der Waals surface area contributed by atoms with Gasteiger partial charge in [0.2, 0.25) is 0 Å². The Hall–Kier alpha value is -2.62. The van der Waals surface area contributed by atoms with Crippen molar-refractivity contribution < 1.29 is 27.6 Å². The van der Waals surface area contributed by atoms with Gasteiger partial charge in [0.05, 0.1) is 10.6 Å². The molecule has 0 saturated heterocycles. The highest BCUT2D eigenvalue weighted by Crippen LogP contribution is 2.27. The van der Waals surface area contributed by atoms with Gasteiger partial charge in [-0.3, -0.25) is 15.2 Å². The summed E-state index contributed by atoms with van der Waals surface area (Å²) in [6.45, 7) is 3.12. The molecule has 0 aliphatic heterocycles. The molecule has 9 heteroatoms. The van der Waals surface area contributed by atoms with Crippen LogP contribution in [0.15, 0.2) is 47.4 Å². The van der Waals surface area contributed by atoms with Crippen molar-refractivity contribution in [3.8, 4) is 11.5 Å². The van der Waals surface area contributed by atoms with Gasteiger partial charge in [-0.1, -0.05) is 17.7 Å². The van der Waals surface area contributed by atoms with Gasteiger partial charge < -0.3 is 15.3 Å². The molecule has 0 amide bonds. The Morgan fingerprint density at radius 1 is 1.17 bits per heavy atom. The summed E-state index contributed by atoms with van der Waals surface area (Å²) in [4.78, 5) is 10.5. The number of rotatable bonds is 3. The van der Waals surface area contributed by atoms with E-state index in [9.17, 15) is 18.3 Å². The molecule has 0 heterocycles. The van der Waals surface area contributed by atoms with Gasteiger partial charge >= 0.3 is 5.97 Å². The first-order chi connectivity index (χ1) is 11.1. The minimum absolute atomic E-state index is 0.0666. The van der Waals surface area contributed by atoms with E-state index in [4.69, 9.17) is 15.1 Å². The summed E-state index contributed by atoms with van der Waals surface area (Å²) >= 11 is 0. The van der Waals surface area contributed by atoms with Crippen LogP contribution in [0.5, 0.6) is 11.5 Å². The number of hydrazine groups is 1. The van der Waals surface area contributed by atoms with Gasteiger partial charge in [-0.05, 0) is 31.2 Å². The summed E-state index contributed by atoms with van der Waals surface area (Å²) in [5.74, 6) is 4.86. The summed E-state index contributed by atoms with van der Waals surface area (Å²) in [7, 11) is -4.02. The molecular weight excluding hydrogens is 336 g/mol. The third-order valence-electron chi connectivity index (χ3n) is 2.71. The van der Waals surface area contributed by atoms with E-state index >= 15 is 0 Å². The maximum atomic E-state index is 10.5. The van der Waals surface area contributed by atoms with Crippen molar-refractivity contribution in [1.82, 2.24) is 0 Å². The van der Waals surface area contributed by atoms with Crippen LogP contribution in [0, 0.1) is 6.92 Å². The number of ether oxygens (including phenoxy) is 1. The number of nitrogens with one attached hydrogen (secondary N) is 1. The maximum Gasteiger partial charge on any atom is 0.308 e. The van der Waals surface area contributed by atoms with Crippen LogP contribution < -0.4 is 16.0 Å². The van der Waals surface area contributed by atoms with Crippen LogP contribution in [-0.4, -0.2) is 24.0 Å². The number of nitrogen functional groups attached to an aromatic ring is 1. The van der Waals surface area contributed by atoms with Crippen LogP contribution in [-0.2, 0) is 14.9 Å². The first-order valence-corrected chi connectivity index (χ1v) is 8.09. The van der Waals surface area contributed by atoms with Gasteiger partial charge in [-0.2, -0.15) is 8.42 Å². The van der Waals surface area contributed by atoms with Crippen molar-refractivity contribution in [3.05, 3.63) is 48.0 Å². The van der Waals surface area contributed by atoms with E-state index < -0.39 is 16.1 Å². The molecule has 0 radical (unpaired) electrons. The van der Waals surface area contributed by atoms with Gasteiger partial charge in [0.1, 0.15) is 11.5 Å². The van der Waals surface area contributed by atoms with Gasteiger partial charge in [-0.25, -0.2) is 0 Å². The largest absolute Gasteiger partial charge is 0.506 e. The van der Waals surface area contributed by atoms with Crippen LogP contribution >= 0.6 is 0 Å². The number of carbonyl (C=O) groups is 1.